The minimum absolute atomic E-state index is 0.0181. The summed E-state index contributed by atoms with van der Waals surface area (Å²) in [6.45, 7) is 5.69. The molecule has 1 heterocycles. The van der Waals surface area contributed by atoms with Gasteiger partial charge in [-0.25, -0.2) is 0 Å². The van der Waals surface area contributed by atoms with Crippen LogP contribution in [0.4, 0.5) is 0 Å². The number of aromatic nitrogens is 1. The number of aryl methyl sites for hydroxylation is 2. The van der Waals surface area contributed by atoms with Crippen LogP contribution in [0.3, 0.4) is 0 Å². The first kappa shape index (κ1) is 15.5. The van der Waals surface area contributed by atoms with E-state index < -0.39 is 5.97 Å². The van der Waals surface area contributed by atoms with E-state index in [-0.39, 0.29) is 23.8 Å². The van der Waals surface area contributed by atoms with E-state index in [9.17, 15) is 9.59 Å². The molecular weight excluding hydrogens is 272 g/mol. The lowest BCUT2D eigenvalue weighted by Gasteiger charge is -2.15. The van der Waals surface area contributed by atoms with Gasteiger partial charge in [-0.2, -0.15) is 0 Å². The number of rotatable bonds is 5. The van der Waals surface area contributed by atoms with E-state index in [1.807, 2.05) is 20.8 Å². The maximum absolute atomic E-state index is 12.1. The lowest BCUT2D eigenvalue weighted by molar-refractivity contribution is -0.141. The Labute approximate surface area is 123 Å². The summed E-state index contributed by atoms with van der Waals surface area (Å²) in [6, 6.07) is -0.0181. The Hall–Kier alpha value is -1.85. The molecule has 116 valence electrons. The van der Waals surface area contributed by atoms with Crippen molar-refractivity contribution in [3.8, 4) is 0 Å². The fourth-order valence-electron chi connectivity index (χ4n) is 3.20. The molecular formula is C15H22N2O4. The van der Waals surface area contributed by atoms with Crippen molar-refractivity contribution in [1.29, 1.82) is 0 Å². The van der Waals surface area contributed by atoms with Gasteiger partial charge in [-0.15, -0.1) is 0 Å². The van der Waals surface area contributed by atoms with E-state index in [2.05, 4.69) is 10.5 Å². The highest BCUT2D eigenvalue weighted by atomic mass is 16.5. The maximum Gasteiger partial charge on any atom is 0.306 e. The molecule has 0 aromatic carbocycles. The monoisotopic (exact) mass is 294 g/mol. The number of nitrogens with zero attached hydrogens (tertiary/aromatic N) is 1. The number of hydrogen-bond acceptors (Lipinski definition) is 4. The third-order valence-electron chi connectivity index (χ3n) is 4.22. The molecule has 1 aromatic heterocycles. The molecule has 2 rings (SSSR count). The summed E-state index contributed by atoms with van der Waals surface area (Å²) in [5, 5.41) is 15.8. The molecule has 1 aliphatic carbocycles. The van der Waals surface area contributed by atoms with Crippen LogP contribution in [0.1, 0.15) is 55.5 Å². The van der Waals surface area contributed by atoms with Crippen molar-refractivity contribution in [3.63, 3.8) is 0 Å². The van der Waals surface area contributed by atoms with Crippen molar-refractivity contribution in [3.05, 3.63) is 17.0 Å². The summed E-state index contributed by atoms with van der Waals surface area (Å²) in [5.41, 5.74) is 1.81. The van der Waals surface area contributed by atoms with Crippen LogP contribution in [0, 0.1) is 19.8 Å². The first-order chi connectivity index (χ1) is 9.88. The summed E-state index contributed by atoms with van der Waals surface area (Å²) in [5.74, 6) is -0.350. The number of carboxylic acids is 1. The van der Waals surface area contributed by atoms with E-state index in [0.717, 1.165) is 23.4 Å². The second-order valence-electron chi connectivity index (χ2n) is 5.96. The van der Waals surface area contributed by atoms with Gasteiger partial charge in [0.1, 0.15) is 5.76 Å². The molecule has 2 N–H and O–H groups in total. The molecule has 0 spiro atoms. The molecule has 6 nitrogen and oxygen atoms in total. The van der Waals surface area contributed by atoms with Crippen LogP contribution in [-0.4, -0.2) is 28.2 Å². The number of carboxylic acid groups (broad SMARTS) is 1. The molecule has 1 amide bonds. The lowest BCUT2D eigenvalue weighted by Crippen LogP contribution is -2.34. The minimum Gasteiger partial charge on any atom is -0.481 e. The number of hydrogen-bond donors (Lipinski definition) is 2. The first-order valence-corrected chi connectivity index (χ1v) is 7.33. The first-order valence-electron chi connectivity index (χ1n) is 7.33. The minimum atomic E-state index is -0.768. The van der Waals surface area contributed by atoms with E-state index in [1.165, 1.54) is 0 Å². The van der Waals surface area contributed by atoms with Gasteiger partial charge in [0.2, 0.25) is 5.91 Å². The molecule has 0 radical (unpaired) electrons. The maximum atomic E-state index is 12.1. The number of nitrogens with one attached hydrogen (secondary N) is 1. The zero-order chi connectivity index (χ0) is 15.6. The van der Waals surface area contributed by atoms with Crippen LogP contribution in [0.15, 0.2) is 4.52 Å². The third kappa shape index (κ3) is 3.62. The second-order valence-corrected chi connectivity index (χ2v) is 5.96. The number of carbonyl (C=O) groups excluding carboxylic acids is 1. The van der Waals surface area contributed by atoms with Crippen molar-refractivity contribution in [2.75, 3.05) is 0 Å². The van der Waals surface area contributed by atoms with Gasteiger partial charge in [-0.3, -0.25) is 9.59 Å². The summed E-state index contributed by atoms with van der Waals surface area (Å²) in [4.78, 5) is 23.0. The van der Waals surface area contributed by atoms with Gasteiger partial charge in [0.25, 0.3) is 0 Å². The normalized spacial score (nSPS) is 23.0. The third-order valence-corrected chi connectivity index (χ3v) is 4.22. The van der Waals surface area contributed by atoms with E-state index >= 15 is 0 Å². The second kappa shape index (κ2) is 6.28. The van der Waals surface area contributed by atoms with Gasteiger partial charge >= 0.3 is 5.97 Å². The largest absolute Gasteiger partial charge is 0.481 e. The number of carbonyl (C=O) groups is 2. The fourth-order valence-corrected chi connectivity index (χ4v) is 3.20. The Morgan fingerprint density at radius 1 is 1.43 bits per heavy atom. The molecule has 21 heavy (non-hydrogen) atoms. The molecule has 1 unspecified atom stereocenters. The highest BCUT2D eigenvalue weighted by Crippen LogP contribution is 2.28. The molecule has 0 bridgehead atoms. The average molecular weight is 294 g/mol. The number of aliphatic carboxylic acids is 1. The van der Waals surface area contributed by atoms with Gasteiger partial charge in [-0.05, 0) is 39.0 Å². The molecule has 1 saturated carbocycles. The predicted octanol–water partition coefficient (Wildman–Crippen LogP) is 2.15. The Kier molecular flexibility index (Phi) is 4.65. The molecule has 6 heteroatoms. The van der Waals surface area contributed by atoms with Crippen molar-refractivity contribution in [1.82, 2.24) is 10.5 Å². The van der Waals surface area contributed by atoms with Gasteiger partial charge in [-0.1, -0.05) is 12.1 Å². The van der Waals surface area contributed by atoms with Crippen LogP contribution in [0.25, 0.3) is 0 Å². The zero-order valence-electron chi connectivity index (χ0n) is 12.7. The van der Waals surface area contributed by atoms with Crippen LogP contribution in [-0.2, 0) is 9.59 Å². The topological polar surface area (TPSA) is 92.4 Å². The zero-order valence-corrected chi connectivity index (χ0v) is 12.7. The van der Waals surface area contributed by atoms with Crippen molar-refractivity contribution in [2.45, 2.75) is 58.4 Å². The highest BCUT2D eigenvalue weighted by molar-refractivity contribution is 5.77. The van der Waals surface area contributed by atoms with E-state index in [4.69, 9.17) is 9.63 Å². The SMILES string of the molecule is Cc1noc(C)c1C(C)CC(=O)N[C@@H]1CC[C@H](C(=O)O)C1. The van der Waals surface area contributed by atoms with Crippen molar-refractivity contribution in [2.24, 2.45) is 5.92 Å². The predicted molar refractivity (Wildman–Crippen MR) is 75.9 cm³/mol. The quantitative estimate of drug-likeness (QED) is 0.868. The van der Waals surface area contributed by atoms with Crippen LogP contribution in [0.2, 0.25) is 0 Å². The van der Waals surface area contributed by atoms with Gasteiger partial charge < -0.3 is 14.9 Å². The summed E-state index contributed by atoms with van der Waals surface area (Å²) in [7, 11) is 0. The van der Waals surface area contributed by atoms with Crippen LogP contribution in [0.5, 0.6) is 0 Å². The summed E-state index contributed by atoms with van der Waals surface area (Å²) in [6.07, 6.45) is 2.26. The lowest BCUT2D eigenvalue weighted by atomic mass is 9.96. The molecule has 0 saturated heterocycles. The average Bonchev–Trinajstić information content (AvgIpc) is 2.96. The van der Waals surface area contributed by atoms with Crippen LogP contribution < -0.4 is 5.32 Å². The molecule has 3 atom stereocenters. The Balaban J connectivity index is 1.87. The van der Waals surface area contributed by atoms with Crippen molar-refractivity contribution < 1.29 is 19.2 Å². The van der Waals surface area contributed by atoms with Gasteiger partial charge in [0.15, 0.2) is 0 Å². The van der Waals surface area contributed by atoms with E-state index in [0.29, 0.717) is 19.3 Å². The molecule has 1 aliphatic rings. The van der Waals surface area contributed by atoms with Crippen molar-refractivity contribution >= 4 is 11.9 Å². The van der Waals surface area contributed by atoms with E-state index in [1.54, 1.807) is 0 Å². The van der Waals surface area contributed by atoms with Gasteiger partial charge in [0, 0.05) is 18.0 Å². The van der Waals surface area contributed by atoms with Crippen LogP contribution >= 0.6 is 0 Å². The Bertz CT molecular complexity index is 518. The molecule has 1 aromatic rings. The standard InChI is InChI=1S/C15H22N2O4/c1-8(14-9(2)17-21-10(14)3)6-13(18)16-12-5-4-11(7-12)15(19)20/h8,11-12H,4-7H2,1-3H3,(H,16,18)(H,19,20)/t8?,11-,12+/m0/s1. The Morgan fingerprint density at radius 3 is 2.67 bits per heavy atom. The summed E-state index contributed by atoms with van der Waals surface area (Å²) >= 11 is 0. The molecule has 0 aliphatic heterocycles. The molecule has 1 fully saturated rings. The van der Waals surface area contributed by atoms with Gasteiger partial charge in [0.05, 0.1) is 11.6 Å². The highest BCUT2D eigenvalue weighted by Gasteiger charge is 2.31. The summed E-state index contributed by atoms with van der Waals surface area (Å²) < 4.78 is 5.12. The number of amides is 1. The smallest absolute Gasteiger partial charge is 0.306 e. The fraction of sp³-hybridized carbons (Fsp3) is 0.667. The Morgan fingerprint density at radius 2 is 2.14 bits per heavy atom.